The maximum atomic E-state index is 13.2. The molecular weight excluding hydrogens is 470 g/mol. The van der Waals surface area contributed by atoms with Gasteiger partial charge in [0.25, 0.3) is 0 Å². The zero-order valence-electron chi connectivity index (χ0n) is 23.5. The zero-order chi connectivity index (χ0) is 27.1. The average molecular weight is 514 g/mol. The molecule has 198 valence electrons. The number of para-hydroxylation sites is 1. The first kappa shape index (κ1) is 29.7. The van der Waals surface area contributed by atoms with E-state index in [1.54, 1.807) is 0 Å². The molecule has 0 N–H and O–H groups in total. The van der Waals surface area contributed by atoms with Crippen molar-refractivity contribution in [2.75, 3.05) is 13.2 Å². The number of hydrogen-bond donors (Lipinski definition) is 0. The van der Waals surface area contributed by atoms with Gasteiger partial charge in [0.2, 0.25) is 0 Å². The second-order valence-corrected chi connectivity index (χ2v) is 16.4. The maximum absolute atomic E-state index is 13.2. The highest BCUT2D eigenvalue weighted by Crippen LogP contribution is 2.36. The number of rotatable bonds is 8. The van der Waals surface area contributed by atoms with Gasteiger partial charge >= 0.3 is 12.1 Å². The number of carbonyl (C=O) groups is 2. The molecule has 0 saturated heterocycles. The number of aromatic nitrogens is 1. The third-order valence-corrected chi connectivity index (χ3v) is 10.8. The van der Waals surface area contributed by atoms with Crippen molar-refractivity contribution in [2.24, 2.45) is 0 Å². The van der Waals surface area contributed by atoms with Gasteiger partial charge < -0.3 is 13.9 Å². The number of esters is 1. The van der Waals surface area contributed by atoms with Crippen molar-refractivity contribution in [2.45, 2.75) is 97.9 Å². The summed E-state index contributed by atoms with van der Waals surface area (Å²) in [5, 5.41) is 0.955. The van der Waals surface area contributed by atoms with Gasteiger partial charge in [0, 0.05) is 24.0 Å². The fourth-order valence-electron chi connectivity index (χ4n) is 3.38. The molecule has 0 radical (unpaired) electrons. The number of benzene rings is 1. The molecule has 0 spiro atoms. The summed E-state index contributed by atoms with van der Waals surface area (Å²) in [5.41, 5.74) is 1.15. The summed E-state index contributed by atoms with van der Waals surface area (Å²) in [5.74, 6) is 6.06. The maximum Gasteiger partial charge on any atom is 0.420 e. The summed E-state index contributed by atoms with van der Waals surface area (Å²) in [6.07, 6.45) is 1.67. The highest BCUT2D eigenvalue weighted by Gasteiger charge is 2.36. The predicted molar refractivity (Wildman–Crippen MR) is 148 cm³/mol. The van der Waals surface area contributed by atoms with E-state index in [0.29, 0.717) is 36.4 Å². The molecule has 2 rings (SSSR count). The van der Waals surface area contributed by atoms with E-state index in [2.05, 4.69) is 45.7 Å². The Morgan fingerprint density at radius 2 is 1.69 bits per heavy atom. The van der Waals surface area contributed by atoms with E-state index < -0.39 is 20.0 Å². The van der Waals surface area contributed by atoms with Crippen LogP contribution >= 0.6 is 0 Å². The largest absolute Gasteiger partial charge is 0.465 e. The van der Waals surface area contributed by atoms with Crippen molar-refractivity contribution in [3.8, 4) is 11.8 Å². The fraction of sp³-hybridized carbons (Fsp3) is 0.586. The fourth-order valence-corrected chi connectivity index (χ4v) is 4.46. The van der Waals surface area contributed by atoms with Crippen LogP contribution in [0.5, 0.6) is 0 Å². The topological polar surface area (TPSA) is 66.8 Å². The highest BCUT2D eigenvalue weighted by molar-refractivity contribution is 6.74. The minimum absolute atomic E-state index is 0.0365. The third kappa shape index (κ3) is 7.97. The Morgan fingerprint density at radius 1 is 1.03 bits per heavy atom. The summed E-state index contributed by atoms with van der Waals surface area (Å²) in [6, 6.07) is 7.49. The van der Waals surface area contributed by atoms with Crippen molar-refractivity contribution in [1.29, 1.82) is 0 Å². The lowest BCUT2D eigenvalue weighted by Gasteiger charge is -2.36. The number of carbonyl (C=O) groups excluding carboxylic acids is 2. The monoisotopic (exact) mass is 513 g/mol. The number of hydrogen-bond acceptors (Lipinski definition) is 5. The minimum atomic E-state index is -1.80. The quantitative estimate of drug-likeness (QED) is 0.163. The normalized spacial score (nSPS) is 12.2. The zero-order valence-corrected chi connectivity index (χ0v) is 24.5. The van der Waals surface area contributed by atoms with Crippen molar-refractivity contribution in [3.63, 3.8) is 0 Å². The van der Waals surface area contributed by atoms with Crippen LogP contribution in [-0.2, 0) is 25.1 Å². The first-order chi connectivity index (χ1) is 16.7. The Morgan fingerprint density at radius 3 is 2.31 bits per heavy atom. The van der Waals surface area contributed by atoms with Crippen LogP contribution in [0.2, 0.25) is 18.1 Å². The lowest BCUT2D eigenvalue weighted by Crippen LogP contribution is -2.40. The van der Waals surface area contributed by atoms with Crippen molar-refractivity contribution in [3.05, 3.63) is 35.5 Å². The lowest BCUT2D eigenvalue weighted by molar-refractivity contribution is -0.142. The molecule has 0 aliphatic heterocycles. The summed E-state index contributed by atoms with van der Waals surface area (Å²) >= 11 is 0. The molecule has 0 atom stereocenters. The summed E-state index contributed by atoms with van der Waals surface area (Å²) in [4.78, 5) is 25.8. The molecule has 0 amide bonds. The molecule has 0 unspecified atom stereocenters. The van der Waals surface area contributed by atoms with Crippen LogP contribution in [-0.4, -0.2) is 43.8 Å². The predicted octanol–water partition coefficient (Wildman–Crippen LogP) is 7.07. The SMILES string of the molecule is CCCOC(=O)Cc1c(C#CCCCO[Si](C)(C)C(C)(C)C)n(C(=O)OC(C)(C)C)c2ccccc12. The summed E-state index contributed by atoms with van der Waals surface area (Å²) in [7, 11) is -1.80. The molecule has 0 aliphatic carbocycles. The Labute approximate surface area is 217 Å². The summed E-state index contributed by atoms with van der Waals surface area (Å²) < 4.78 is 18.8. The van der Waals surface area contributed by atoms with E-state index >= 15 is 0 Å². The van der Waals surface area contributed by atoms with E-state index in [1.165, 1.54) is 4.57 Å². The van der Waals surface area contributed by atoms with E-state index in [9.17, 15) is 9.59 Å². The number of unbranched alkanes of at least 4 members (excludes halogenated alkanes) is 1. The van der Waals surface area contributed by atoms with E-state index in [0.717, 1.165) is 18.2 Å². The van der Waals surface area contributed by atoms with E-state index in [-0.39, 0.29) is 17.4 Å². The van der Waals surface area contributed by atoms with Crippen LogP contribution in [0, 0.1) is 11.8 Å². The molecule has 0 fully saturated rings. The first-order valence-corrected chi connectivity index (χ1v) is 15.7. The Kier molecular flexibility index (Phi) is 9.98. The molecule has 2 aromatic rings. The van der Waals surface area contributed by atoms with Gasteiger partial charge in [-0.3, -0.25) is 4.79 Å². The van der Waals surface area contributed by atoms with Crippen LogP contribution < -0.4 is 0 Å². The number of nitrogens with zero attached hydrogens (tertiary/aromatic N) is 1. The molecule has 7 heteroatoms. The highest BCUT2D eigenvalue weighted by atomic mass is 28.4. The van der Waals surface area contributed by atoms with Crippen LogP contribution in [0.15, 0.2) is 24.3 Å². The molecule has 1 aromatic carbocycles. The smallest absolute Gasteiger partial charge is 0.420 e. The van der Waals surface area contributed by atoms with Gasteiger partial charge in [-0.25, -0.2) is 9.36 Å². The molecule has 36 heavy (non-hydrogen) atoms. The van der Waals surface area contributed by atoms with Gasteiger partial charge in [-0.05, 0) is 63.7 Å². The second-order valence-electron chi connectivity index (χ2n) is 11.6. The number of ether oxygens (including phenoxy) is 2. The molecule has 0 aliphatic rings. The lowest BCUT2D eigenvalue weighted by atomic mass is 10.1. The van der Waals surface area contributed by atoms with Crippen LogP contribution in [0.1, 0.15) is 79.0 Å². The van der Waals surface area contributed by atoms with Crippen LogP contribution in [0.3, 0.4) is 0 Å². The standard InChI is InChI=1S/C29H43NO5Si/c1-10-19-33-26(31)21-23-22-16-13-14-18-24(22)30(27(32)35-28(2,3)4)25(23)17-12-11-15-20-34-36(8,9)29(5,6)7/h13-14,16,18H,10-11,15,19-21H2,1-9H3. The summed E-state index contributed by atoms with van der Waals surface area (Å²) in [6.45, 7) is 19.6. The number of fused-ring (bicyclic) bond motifs is 1. The van der Waals surface area contributed by atoms with Gasteiger partial charge in [0.05, 0.1) is 18.5 Å². The van der Waals surface area contributed by atoms with Gasteiger partial charge in [0.1, 0.15) is 11.3 Å². The van der Waals surface area contributed by atoms with Gasteiger partial charge in [0.15, 0.2) is 8.32 Å². The van der Waals surface area contributed by atoms with Gasteiger partial charge in [-0.2, -0.15) is 0 Å². The Hall–Kier alpha value is -2.56. The van der Waals surface area contributed by atoms with Gasteiger partial charge in [-0.15, -0.1) is 0 Å². The Balaban J connectivity index is 2.39. The van der Waals surface area contributed by atoms with Crippen LogP contribution in [0.4, 0.5) is 4.79 Å². The van der Waals surface area contributed by atoms with Crippen LogP contribution in [0.25, 0.3) is 10.9 Å². The third-order valence-electron chi connectivity index (χ3n) is 6.27. The van der Waals surface area contributed by atoms with Crippen molar-refractivity contribution >= 4 is 31.3 Å². The molecular formula is C29H43NO5Si. The molecule has 1 heterocycles. The van der Waals surface area contributed by atoms with Gasteiger partial charge in [-0.1, -0.05) is 51.8 Å². The Bertz CT molecular complexity index is 1120. The first-order valence-electron chi connectivity index (χ1n) is 12.8. The van der Waals surface area contributed by atoms with Crippen molar-refractivity contribution < 1.29 is 23.5 Å². The van der Waals surface area contributed by atoms with Crippen molar-refractivity contribution in [1.82, 2.24) is 4.57 Å². The molecule has 6 nitrogen and oxygen atoms in total. The average Bonchev–Trinajstić information content (AvgIpc) is 3.06. The van der Waals surface area contributed by atoms with E-state index in [1.807, 2.05) is 52.0 Å². The second kappa shape index (κ2) is 12.1. The molecule has 1 aromatic heterocycles. The molecule has 0 bridgehead atoms. The minimum Gasteiger partial charge on any atom is -0.465 e. The van der Waals surface area contributed by atoms with E-state index in [4.69, 9.17) is 13.9 Å². The molecule has 0 saturated carbocycles.